The normalized spacial score (nSPS) is 21.6. The number of aliphatic hydroxyl groups is 1. The number of allylic oxidation sites excluding steroid dienone is 13. The molecule has 0 unspecified atom stereocenters. The van der Waals surface area contributed by atoms with Crippen LogP contribution in [0.15, 0.2) is 82.2 Å². The number of aliphatic hydroxyl groups excluding tert-OH is 1. The van der Waals surface area contributed by atoms with E-state index in [1.54, 1.807) is 6.08 Å². The third kappa shape index (κ3) is 5.66. The minimum atomic E-state index is -0.543. The van der Waals surface area contributed by atoms with Crippen molar-refractivity contribution in [2.24, 2.45) is 5.41 Å². The van der Waals surface area contributed by atoms with Crippen molar-refractivity contribution in [2.45, 2.75) is 53.9 Å². The lowest BCUT2D eigenvalue weighted by Crippen LogP contribution is -2.19. The molecule has 3 nitrogen and oxygen atoms in total. The van der Waals surface area contributed by atoms with Gasteiger partial charge in [0, 0.05) is 17.7 Å². The molecule has 148 valence electrons. The van der Waals surface area contributed by atoms with E-state index >= 15 is 0 Å². The van der Waals surface area contributed by atoms with E-state index in [2.05, 4.69) is 39.8 Å². The van der Waals surface area contributed by atoms with Crippen LogP contribution in [0.4, 0.5) is 0 Å². The Morgan fingerprint density at radius 3 is 2.46 bits per heavy atom. The molecule has 2 aliphatic carbocycles. The van der Waals surface area contributed by atoms with Crippen molar-refractivity contribution >= 4 is 11.6 Å². The molecule has 0 aromatic carbocycles. The van der Waals surface area contributed by atoms with Crippen LogP contribution in [0.3, 0.4) is 0 Å². The molecule has 2 aliphatic rings. The van der Waals surface area contributed by atoms with Crippen molar-refractivity contribution in [3.05, 3.63) is 82.2 Å². The minimum Gasteiger partial charge on any atom is -0.504 e. The Kier molecular flexibility index (Phi) is 6.95. The molecule has 2 rings (SSSR count). The minimum absolute atomic E-state index is 0.231. The Bertz CT molecular complexity index is 881. The van der Waals surface area contributed by atoms with Gasteiger partial charge in [0.1, 0.15) is 0 Å². The zero-order valence-electron chi connectivity index (χ0n) is 17.5. The predicted molar refractivity (Wildman–Crippen MR) is 115 cm³/mol. The van der Waals surface area contributed by atoms with Gasteiger partial charge in [0.25, 0.3) is 0 Å². The van der Waals surface area contributed by atoms with Crippen molar-refractivity contribution < 1.29 is 14.7 Å². The van der Waals surface area contributed by atoms with Gasteiger partial charge in [-0.1, -0.05) is 60.9 Å². The fourth-order valence-corrected chi connectivity index (χ4v) is 3.60. The summed E-state index contributed by atoms with van der Waals surface area (Å²) in [7, 11) is 0. The van der Waals surface area contributed by atoms with Crippen LogP contribution < -0.4 is 0 Å². The third-order valence-corrected chi connectivity index (χ3v) is 5.25. The molecule has 28 heavy (non-hydrogen) atoms. The second-order valence-corrected chi connectivity index (χ2v) is 8.28. The van der Waals surface area contributed by atoms with Gasteiger partial charge in [0.2, 0.25) is 5.78 Å². The van der Waals surface area contributed by atoms with Crippen LogP contribution in [0, 0.1) is 5.41 Å². The van der Waals surface area contributed by atoms with Crippen LogP contribution in [0.2, 0.25) is 0 Å². The van der Waals surface area contributed by atoms with Crippen LogP contribution in [0.1, 0.15) is 53.9 Å². The summed E-state index contributed by atoms with van der Waals surface area (Å²) < 4.78 is 0. The number of carbonyl (C=O) groups excluding carboxylic acids is 2. The molecule has 0 saturated heterocycles. The monoisotopic (exact) mass is 378 g/mol. The SMILES string of the molecule is CC1=C(/C=C/C(C)=C/C=C/C(C)=C/C2=CC(=O)C(O)=CC2=O)C(C)(C)CCC1. The molecule has 0 aromatic heterocycles. The molecule has 0 fully saturated rings. The zero-order chi connectivity index (χ0) is 20.9. The standard InChI is InChI=1S/C25H30O3/c1-17(11-12-21-19(3)10-7-13-25(21,4)5)8-6-9-18(2)14-20-15-23(27)24(28)16-22(20)26/h6,8-9,11-12,14-16,28H,7,10,13H2,1-5H3/b9-6+,12-11+,17-8+,18-14+. The summed E-state index contributed by atoms with van der Waals surface area (Å²) >= 11 is 0. The molecule has 0 radical (unpaired) electrons. The van der Waals surface area contributed by atoms with E-state index < -0.39 is 11.5 Å². The molecule has 0 atom stereocenters. The van der Waals surface area contributed by atoms with E-state index in [4.69, 9.17) is 0 Å². The summed E-state index contributed by atoms with van der Waals surface area (Å²) in [4.78, 5) is 23.3. The lowest BCUT2D eigenvalue weighted by Gasteiger charge is -2.32. The maximum Gasteiger partial charge on any atom is 0.220 e. The molecule has 0 amide bonds. The number of rotatable bonds is 5. The number of hydrogen-bond donors (Lipinski definition) is 1. The highest BCUT2D eigenvalue weighted by atomic mass is 16.3. The van der Waals surface area contributed by atoms with Crippen molar-refractivity contribution in [3.63, 3.8) is 0 Å². The fourth-order valence-electron chi connectivity index (χ4n) is 3.60. The van der Waals surface area contributed by atoms with Crippen molar-refractivity contribution in [1.29, 1.82) is 0 Å². The molecule has 0 bridgehead atoms. The number of carbonyl (C=O) groups is 2. The maximum atomic E-state index is 11.8. The Hall–Kier alpha value is -2.68. The molecule has 0 saturated carbocycles. The second-order valence-electron chi connectivity index (χ2n) is 8.28. The lowest BCUT2D eigenvalue weighted by atomic mass is 9.72. The molecule has 0 spiro atoms. The van der Waals surface area contributed by atoms with Gasteiger partial charge in [-0.05, 0) is 57.1 Å². The van der Waals surface area contributed by atoms with Gasteiger partial charge < -0.3 is 5.11 Å². The smallest absolute Gasteiger partial charge is 0.220 e. The molecular formula is C25H30O3. The highest BCUT2D eigenvalue weighted by Gasteiger charge is 2.26. The Balaban J connectivity index is 2.06. The van der Waals surface area contributed by atoms with Gasteiger partial charge in [0.15, 0.2) is 11.5 Å². The largest absolute Gasteiger partial charge is 0.504 e. The van der Waals surface area contributed by atoms with Crippen LogP contribution in [0.5, 0.6) is 0 Å². The molecular weight excluding hydrogens is 348 g/mol. The zero-order valence-corrected chi connectivity index (χ0v) is 17.5. The quantitative estimate of drug-likeness (QED) is 0.469. The van der Waals surface area contributed by atoms with Crippen LogP contribution in [-0.2, 0) is 9.59 Å². The Morgan fingerprint density at radius 1 is 1.07 bits per heavy atom. The van der Waals surface area contributed by atoms with Gasteiger partial charge in [-0.15, -0.1) is 0 Å². The van der Waals surface area contributed by atoms with Crippen LogP contribution in [-0.4, -0.2) is 16.7 Å². The van der Waals surface area contributed by atoms with Gasteiger partial charge in [0.05, 0.1) is 0 Å². The van der Waals surface area contributed by atoms with Crippen molar-refractivity contribution in [2.75, 3.05) is 0 Å². The summed E-state index contributed by atoms with van der Waals surface area (Å²) in [5.41, 5.74) is 5.43. The average molecular weight is 379 g/mol. The highest BCUT2D eigenvalue weighted by Crippen LogP contribution is 2.40. The van der Waals surface area contributed by atoms with E-state index in [0.717, 1.165) is 17.2 Å². The van der Waals surface area contributed by atoms with Crippen LogP contribution in [0.25, 0.3) is 0 Å². The first-order valence-electron chi connectivity index (χ1n) is 9.73. The van der Waals surface area contributed by atoms with E-state index in [9.17, 15) is 14.7 Å². The molecule has 0 heterocycles. The van der Waals surface area contributed by atoms with Crippen LogP contribution >= 0.6 is 0 Å². The van der Waals surface area contributed by atoms with E-state index in [1.807, 2.05) is 25.2 Å². The summed E-state index contributed by atoms with van der Waals surface area (Å²) in [6.07, 6.45) is 17.7. The van der Waals surface area contributed by atoms with E-state index in [0.29, 0.717) is 0 Å². The Morgan fingerprint density at radius 2 is 1.79 bits per heavy atom. The summed E-state index contributed by atoms with van der Waals surface area (Å²) in [6, 6.07) is 0. The first kappa shape index (κ1) is 21.6. The second kappa shape index (κ2) is 9.01. The Labute approximate surface area is 168 Å². The highest BCUT2D eigenvalue weighted by molar-refractivity contribution is 6.20. The van der Waals surface area contributed by atoms with Gasteiger partial charge >= 0.3 is 0 Å². The number of hydrogen-bond acceptors (Lipinski definition) is 3. The summed E-state index contributed by atoms with van der Waals surface area (Å²) in [5.74, 6) is -1.41. The maximum absolute atomic E-state index is 11.8. The van der Waals surface area contributed by atoms with Crippen molar-refractivity contribution in [3.8, 4) is 0 Å². The van der Waals surface area contributed by atoms with Gasteiger partial charge in [-0.2, -0.15) is 0 Å². The first-order chi connectivity index (χ1) is 13.1. The van der Waals surface area contributed by atoms with E-state index in [1.165, 1.54) is 36.5 Å². The molecule has 1 N–H and O–H groups in total. The first-order valence-corrected chi connectivity index (χ1v) is 9.73. The van der Waals surface area contributed by atoms with Crippen molar-refractivity contribution in [1.82, 2.24) is 0 Å². The van der Waals surface area contributed by atoms with Gasteiger partial charge in [-0.3, -0.25) is 9.59 Å². The lowest BCUT2D eigenvalue weighted by molar-refractivity contribution is -0.116. The molecule has 0 aliphatic heterocycles. The molecule has 3 heteroatoms. The fraction of sp³-hybridized carbons (Fsp3) is 0.360. The summed E-state index contributed by atoms with van der Waals surface area (Å²) in [5, 5.41) is 9.29. The van der Waals surface area contributed by atoms with E-state index in [-0.39, 0.29) is 16.8 Å². The summed E-state index contributed by atoms with van der Waals surface area (Å²) in [6.45, 7) is 10.8. The topological polar surface area (TPSA) is 54.4 Å². The predicted octanol–water partition coefficient (Wildman–Crippen LogP) is 6.04. The number of ketones is 2. The average Bonchev–Trinajstić information content (AvgIpc) is 2.58. The van der Waals surface area contributed by atoms with Gasteiger partial charge in [-0.25, -0.2) is 0 Å². The molecule has 0 aromatic rings. The third-order valence-electron chi connectivity index (χ3n) is 5.25.